The van der Waals surface area contributed by atoms with E-state index in [2.05, 4.69) is 4.74 Å². The highest BCUT2D eigenvalue weighted by Crippen LogP contribution is 2.33. The topological polar surface area (TPSA) is 42.1 Å². The molecule has 0 atom stereocenters. The number of H-pyrrole nitrogens is 1. The summed E-state index contributed by atoms with van der Waals surface area (Å²) in [4.78, 5) is 12.3. The summed E-state index contributed by atoms with van der Waals surface area (Å²) in [5.74, 6) is -1.46. The molecule has 0 saturated heterocycles. The van der Waals surface area contributed by atoms with Gasteiger partial charge in [0.15, 0.2) is 0 Å². The molecule has 1 rings (SSSR count). The van der Waals surface area contributed by atoms with E-state index >= 15 is 0 Å². The highest BCUT2D eigenvalue weighted by Gasteiger charge is 2.37. The molecule has 0 fully saturated rings. The summed E-state index contributed by atoms with van der Waals surface area (Å²) in [6.07, 6.45) is -10.4. The Balaban J connectivity index is 3.36. The molecular weight excluding hydrogens is 275 g/mol. The third kappa shape index (κ3) is 3.37. The van der Waals surface area contributed by atoms with Crippen molar-refractivity contribution in [3.63, 3.8) is 0 Å². The van der Waals surface area contributed by atoms with Crippen LogP contribution in [0.3, 0.4) is 0 Å². The van der Waals surface area contributed by atoms with E-state index in [1.807, 2.05) is 0 Å². The molecule has 0 aliphatic heterocycles. The summed E-state index contributed by atoms with van der Waals surface area (Å²) in [7, 11) is 0. The number of rotatable bonds is 2. The second kappa shape index (κ2) is 4.50. The Hall–Kier alpha value is -1.74. The fourth-order valence-electron chi connectivity index (χ4n) is 1.13. The molecule has 1 aromatic rings. The maximum Gasteiger partial charge on any atom is 0.574 e. The SMILES string of the molecule is O=c1[nH]c(OC(F)(F)F)cc(C(F)(F)F)c1CF. The molecule has 0 radical (unpaired) electrons. The molecule has 0 aromatic carbocycles. The standard InChI is InChI=1S/C8H4F7NO2/c9-2-3-4(7(10,11)12)1-5(16-6(3)17)18-8(13,14)15/h1H,2H2,(H,16,17). The van der Waals surface area contributed by atoms with E-state index < -0.39 is 41.8 Å². The number of pyridine rings is 1. The van der Waals surface area contributed by atoms with Crippen molar-refractivity contribution in [1.29, 1.82) is 0 Å². The van der Waals surface area contributed by atoms with Gasteiger partial charge >= 0.3 is 12.5 Å². The Kier molecular flexibility index (Phi) is 3.58. The molecule has 102 valence electrons. The first-order valence-electron chi connectivity index (χ1n) is 4.19. The quantitative estimate of drug-likeness (QED) is 0.846. The Labute approximate surface area is 94.2 Å². The lowest BCUT2D eigenvalue weighted by molar-refractivity contribution is -0.276. The van der Waals surface area contributed by atoms with Gasteiger partial charge in [-0.25, -0.2) is 4.39 Å². The van der Waals surface area contributed by atoms with Crippen LogP contribution < -0.4 is 10.3 Å². The first-order valence-corrected chi connectivity index (χ1v) is 4.19. The van der Waals surface area contributed by atoms with E-state index in [-0.39, 0.29) is 6.07 Å². The highest BCUT2D eigenvalue weighted by atomic mass is 19.4. The third-order valence-electron chi connectivity index (χ3n) is 1.78. The van der Waals surface area contributed by atoms with Gasteiger partial charge in [-0.1, -0.05) is 0 Å². The number of aromatic amines is 1. The van der Waals surface area contributed by atoms with Crippen molar-refractivity contribution in [3.05, 3.63) is 27.5 Å². The molecule has 0 bridgehead atoms. The molecule has 0 amide bonds. The predicted octanol–water partition coefficient (Wildman–Crippen LogP) is 2.76. The molecule has 18 heavy (non-hydrogen) atoms. The zero-order chi connectivity index (χ0) is 14.1. The summed E-state index contributed by atoms with van der Waals surface area (Å²) >= 11 is 0. The van der Waals surface area contributed by atoms with Gasteiger partial charge in [0.05, 0.1) is 11.1 Å². The summed E-state index contributed by atoms with van der Waals surface area (Å²) in [5.41, 5.74) is -4.75. The number of alkyl halides is 7. The van der Waals surface area contributed by atoms with Crippen molar-refractivity contribution < 1.29 is 35.5 Å². The maximum absolute atomic E-state index is 12.4. The molecule has 10 heteroatoms. The number of aromatic nitrogens is 1. The Bertz CT molecular complexity index is 488. The number of hydrogen-bond donors (Lipinski definition) is 1. The van der Waals surface area contributed by atoms with Crippen molar-refractivity contribution in [2.45, 2.75) is 19.2 Å². The number of halogens is 7. The van der Waals surface area contributed by atoms with E-state index in [0.29, 0.717) is 0 Å². The average Bonchev–Trinajstić information content (AvgIpc) is 2.12. The molecular formula is C8H4F7NO2. The van der Waals surface area contributed by atoms with Crippen LogP contribution in [-0.2, 0) is 12.9 Å². The minimum Gasteiger partial charge on any atom is -0.390 e. The van der Waals surface area contributed by atoms with E-state index in [0.717, 1.165) is 0 Å². The molecule has 0 spiro atoms. The minimum absolute atomic E-state index is 0.121. The smallest absolute Gasteiger partial charge is 0.390 e. The lowest BCUT2D eigenvalue weighted by Crippen LogP contribution is -2.24. The van der Waals surface area contributed by atoms with Crippen molar-refractivity contribution in [1.82, 2.24) is 4.98 Å². The van der Waals surface area contributed by atoms with Gasteiger partial charge in [0.25, 0.3) is 5.56 Å². The van der Waals surface area contributed by atoms with E-state index in [1.165, 1.54) is 4.98 Å². The Morgan fingerprint density at radius 3 is 2.11 bits per heavy atom. The summed E-state index contributed by atoms with van der Waals surface area (Å²) in [6, 6.07) is -0.121. The molecule has 0 unspecified atom stereocenters. The van der Waals surface area contributed by atoms with Crippen LogP contribution in [0.1, 0.15) is 11.1 Å². The molecule has 0 aliphatic rings. The predicted molar refractivity (Wildman–Crippen MR) is 43.6 cm³/mol. The first-order chi connectivity index (χ1) is 8.04. The minimum atomic E-state index is -5.27. The lowest BCUT2D eigenvalue weighted by atomic mass is 10.1. The van der Waals surface area contributed by atoms with Crippen LogP contribution in [0.5, 0.6) is 5.88 Å². The van der Waals surface area contributed by atoms with Gasteiger partial charge in [0.1, 0.15) is 6.67 Å². The molecule has 0 aliphatic carbocycles. The Morgan fingerprint density at radius 1 is 1.17 bits per heavy atom. The van der Waals surface area contributed by atoms with Crippen LogP contribution in [-0.4, -0.2) is 11.3 Å². The highest BCUT2D eigenvalue weighted by molar-refractivity contribution is 5.31. The Morgan fingerprint density at radius 2 is 1.72 bits per heavy atom. The van der Waals surface area contributed by atoms with Crippen LogP contribution >= 0.6 is 0 Å². The van der Waals surface area contributed by atoms with Crippen molar-refractivity contribution in [2.24, 2.45) is 0 Å². The van der Waals surface area contributed by atoms with Crippen LogP contribution in [0.15, 0.2) is 10.9 Å². The van der Waals surface area contributed by atoms with E-state index in [1.54, 1.807) is 0 Å². The van der Waals surface area contributed by atoms with Gasteiger partial charge < -0.3 is 4.74 Å². The maximum atomic E-state index is 12.4. The molecule has 1 N–H and O–H groups in total. The fraction of sp³-hybridized carbons (Fsp3) is 0.375. The fourth-order valence-corrected chi connectivity index (χ4v) is 1.13. The number of nitrogens with one attached hydrogen (secondary N) is 1. The van der Waals surface area contributed by atoms with Gasteiger partial charge in [-0.05, 0) is 0 Å². The van der Waals surface area contributed by atoms with Crippen LogP contribution in [0.2, 0.25) is 0 Å². The van der Waals surface area contributed by atoms with E-state index in [4.69, 9.17) is 0 Å². The molecule has 3 nitrogen and oxygen atoms in total. The first kappa shape index (κ1) is 14.3. The van der Waals surface area contributed by atoms with Gasteiger partial charge in [0, 0.05) is 6.07 Å². The van der Waals surface area contributed by atoms with Crippen LogP contribution in [0, 0.1) is 0 Å². The number of ether oxygens (including phenoxy) is 1. The third-order valence-corrected chi connectivity index (χ3v) is 1.78. The normalized spacial score (nSPS) is 12.6. The largest absolute Gasteiger partial charge is 0.574 e. The van der Waals surface area contributed by atoms with Gasteiger partial charge in [-0.3, -0.25) is 9.78 Å². The summed E-state index contributed by atoms with van der Waals surface area (Å²) < 4.78 is 87.9. The zero-order valence-corrected chi connectivity index (χ0v) is 8.25. The van der Waals surface area contributed by atoms with Crippen LogP contribution in [0.4, 0.5) is 30.7 Å². The van der Waals surface area contributed by atoms with Crippen molar-refractivity contribution in [3.8, 4) is 5.88 Å². The van der Waals surface area contributed by atoms with Crippen LogP contribution in [0.25, 0.3) is 0 Å². The summed E-state index contributed by atoms with van der Waals surface area (Å²) in [6.45, 7) is -1.77. The average molecular weight is 279 g/mol. The van der Waals surface area contributed by atoms with Crippen molar-refractivity contribution in [2.75, 3.05) is 0 Å². The second-order valence-electron chi connectivity index (χ2n) is 3.03. The number of hydrogen-bond acceptors (Lipinski definition) is 2. The van der Waals surface area contributed by atoms with Crippen molar-refractivity contribution >= 4 is 0 Å². The molecule has 1 heterocycles. The molecule has 1 aromatic heterocycles. The van der Waals surface area contributed by atoms with Gasteiger partial charge in [0.2, 0.25) is 5.88 Å². The summed E-state index contributed by atoms with van der Waals surface area (Å²) in [5, 5.41) is 0. The van der Waals surface area contributed by atoms with E-state index in [9.17, 15) is 35.5 Å². The van der Waals surface area contributed by atoms with Gasteiger partial charge in [-0.2, -0.15) is 13.2 Å². The molecule has 0 saturated carbocycles. The lowest BCUT2D eigenvalue weighted by Gasteiger charge is -2.13. The zero-order valence-electron chi connectivity index (χ0n) is 8.25. The second-order valence-corrected chi connectivity index (χ2v) is 3.03. The monoisotopic (exact) mass is 279 g/mol. The van der Waals surface area contributed by atoms with Gasteiger partial charge in [-0.15, -0.1) is 13.2 Å².